The summed E-state index contributed by atoms with van der Waals surface area (Å²) in [6.07, 6.45) is 0. The molecule has 1 saturated heterocycles. The largest absolute Gasteiger partial charge is 0.454 e. The molecule has 1 N–H and O–H groups in total. The Morgan fingerprint density at radius 1 is 0.882 bits per heavy atom. The first-order valence-electron chi connectivity index (χ1n) is 11.0. The molecule has 34 heavy (non-hydrogen) atoms. The van der Waals surface area contributed by atoms with Gasteiger partial charge in [0, 0.05) is 38.8 Å². The number of hydrogen-bond donors (Lipinski definition) is 1. The molecule has 0 spiro atoms. The number of nitrogens with one attached hydrogen (secondary N) is 1. The molecule has 2 aliphatic rings. The molecule has 2 heterocycles. The molecule has 9 heteroatoms. The SMILES string of the molecule is CC(=O)Nc1ccc(S(=O)(=O)N2CCN(C3=Nc4ccccc4Oc4ccccc43)CC2)cc1. The number of carbonyl (C=O) groups excluding carboxylic acids is 1. The number of carbonyl (C=O) groups is 1. The zero-order valence-corrected chi connectivity index (χ0v) is 19.5. The average Bonchev–Trinajstić information content (AvgIpc) is 3.01. The monoisotopic (exact) mass is 476 g/mol. The van der Waals surface area contributed by atoms with Crippen molar-refractivity contribution in [2.75, 3.05) is 31.5 Å². The van der Waals surface area contributed by atoms with E-state index < -0.39 is 10.0 Å². The number of amides is 1. The Labute approximate surface area is 198 Å². The standard InChI is InChI=1S/C25H24N4O4S/c1-18(30)26-19-10-12-20(13-11-19)34(31,32)29-16-14-28(15-17-29)25-21-6-2-4-8-23(21)33-24-9-5-3-7-22(24)27-25/h2-13H,14-17H2,1H3,(H,26,30). The molecule has 0 aliphatic carbocycles. The van der Waals surface area contributed by atoms with Crippen molar-refractivity contribution in [3.63, 3.8) is 0 Å². The molecular weight excluding hydrogens is 452 g/mol. The fourth-order valence-corrected chi connectivity index (χ4v) is 5.54. The lowest BCUT2D eigenvalue weighted by molar-refractivity contribution is -0.114. The highest BCUT2D eigenvalue weighted by molar-refractivity contribution is 7.89. The summed E-state index contributed by atoms with van der Waals surface area (Å²) in [5.41, 5.74) is 2.18. The number of anilines is 1. The van der Waals surface area contributed by atoms with Crippen LogP contribution in [0.25, 0.3) is 0 Å². The third-order valence-corrected chi connectivity index (χ3v) is 7.70. The predicted molar refractivity (Wildman–Crippen MR) is 130 cm³/mol. The van der Waals surface area contributed by atoms with Gasteiger partial charge in [0.05, 0.1) is 10.5 Å². The lowest BCUT2D eigenvalue weighted by Gasteiger charge is -2.35. The molecule has 3 aromatic carbocycles. The minimum atomic E-state index is -3.65. The number of ether oxygens (including phenoxy) is 1. The van der Waals surface area contributed by atoms with Gasteiger partial charge in [-0.2, -0.15) is 4.31 Å². The Morgan fingerprint density at radius 3 is 2.24 bits per heavy atom. The molecule has 0 aromatic heterocycles. The Kier molecular flexibility index (Phi) is 5.80. The second-order valence-electron chi connectivity index (χ2n) is 8.10. The minimum absolute atomic E-state index is 0.203. The summed E-state index contributed by atoms with van der Waals surface area (Å²) < 4.78 is 34.0. The van der Waals surface area contributed by atoms with Gasteiger partial charge in [0.2, 0.25) is 15.9 Å². The van der Waals surface area contributed by atoms with Gasteiger partial charge in [0.1, 0.15) is 17.3 Å². The fraction of sp³-hybridized carbons (Fsp3) is 0.200. The van der Waals surface area contributed by atoms with E-state index in [1.165, 1.54) is 23.4 Å². The Bertz CT molecular complexity index is 1360. The summed E-state index contributed by atoms with van der Waals surface area (Å²) in [6, 6.07) is 21.6. The van der Waals surface area contributed by atoms with Crippen molar-refractivity contribution in [3.8, 4) is 11.5 Å². The zero-order chi connectivity index (χ0) is 23.7. The second-order valence-corrected chi connectivity index (χ2v) is 10.0. The van der Waals surface area contributed by atoms with Gasteiger partial charge in [-0.05, 0) is 48.5 Å². The third-order valence-electron chi connectivity index (χ3n) is 5.79. The smallest absolute Gasteiger partial charge is 0.243 e. The van der Waals surface area contributed by atoms with Crippen LogP contribution in [0.4, 0.5) is 11.4 Å². The third kappa shape index (κ3) is 4.27. The quantitative estimate of drug-likeness (QED) is 0.620. The first-order valence-corrected chi connectivity index (χ1v) is 12.4. The maximum atomic E-state index is 13.2. The van der Waals surface area contributed by atoms with Gasteiger partial charge >= 0.3 is 0 Å². The summed E-state index contributed by atoms with van der Waals surface area (Å²) in [4.78, 5) is 18.4. The highest BCUT2D eigenvalue weighted by Gasteiger charge is 2.31. The topological polar surface area (TPSA) is 91.3 Å². The Hall–Kier alpha value is -3.69. The highest BCUT2D eigenvalue weighted by Crippen LogP contribution is 2.38. The number of hydrogen-bond acceptors (Lipinski definition) is 6. The second kappa shape index (κ2) is 8.92. The van der Waals surface area contributed by atoms with E-state index in [2.05, 4.69) is 10.2 Å². The lowest BCUT2D eigenvalue weighted by Crippen LogP contribution is -2.50. The number of nitrogens with zero attached hydrogens (tertiary/aromatic N) is 3. The zero-order valence-electron chi connectivity index (χ0n) is 18.6. The van der Waals surface area contributed by atoms with Crippen molar-refractivity contribution in [1.82, 2.24) is 9.21 Å². The van der Waals surface area contributed by atoms with E-state index in [4.69, 9.17) is 9.73 Å². The maximum absolute atomic E-state index is 13.2. The van der Waals surface area contributed by atoms with Crippen LogP contribution >= 0.6 is 0 Å². The molecule has 1 amide bonds. The molecular formula is C25H24N4O4S. The first kappa shape index (κ1) is 22.1. The van der Waals surface area contributed by atoms with Crippen LogP contribution in [-0.4, -0.2) is 55.5 Å². The maximum Gasteiger partial charge on any atom is 0.243 e. The van der Waals surface area contributed by atoms with Crippen LogP contribution in [0.2, 0.25) is 0 Å². The van der Waals surface area contributed by atoms with E-state index in [0.717, 1.165) is 22.8 Å². The molecule has 0 atom stereocenters. The van der Waals surface area contributed by atoms with Gasteiger partial charge in [0.15, 0.2) is 5.75 Å². The molecule has 8 nitrogen and oxygen atoms in total. The van der Waals surface area contributed by atoms with Crippen molar-refractivity contribution in [2.24, 2.45) is 4.99 Å². The van der Waals surface area contributed by atoms with Crippen LogP contribution < -0.4 is 10.1 Å². The van der Waals surface area contributed by atoms with Gasteiger partial charge in [-0.1, -0.05) is 24.3 Å². The summed E-state index contributed by atoms with van der Waals surface area (Å²) in [6.45, 7) is 3.07. The minimum Gasteiger partial charge on any atom is -0.454 e. The molecule has 0 saturated carbocycles. The number of sulfonamides is 1. The average molecular weight is 477 g/mol. The normalized spacial score (nSPS) is 15.9. The molecule has 2 aliphatic heterocycles. The van der Waals surface area contributed by atoms with E-state index >= 15 is 0 Å². The fourth-order valence-electron chi connectivity index (χ4n) is 4.11. The Balaban J connectivity index is 1.37. The number of piperazine rings is 1. The molecule has 3 aromatic rings. The summed E-state index contributed by atoms with van der Waals surface area (Å²) >= 11 is 0. The molecule has 1 fully saturated rings. The van der Waals surface area contributed by atoms with E-state index in [1.54, 1.807) is 12.1 Å². The van der Waals surface area contributed by atoms with Gasteiger partial charge < -0.3 is 15.0 Å². The molecule has 5 rings (SSSR count). The summed E-state index contributed by atoms with van der Waals surface area (Å²) in [5.74, 6) is 1.98. The molecule has 0 unspecified atom stereocenters. The van der Waals surface area contributed by atoms with Gasteiger partial charge in [-0.25, -0.2) is 13.4 Å². The lowest BCUT2D eigenvalue weighted by atomic mass is 10.1. The van der Waals surface area contributed by atoms with Crippen LogP contribution in [0.1, 0.15) is 12.5 Å². The molecule has 0 bridgehead atoms. The van der Waals surface area contributed by atoms with Crippen LogP contribution in [0.5, 0.6) is 11.5 Å². The van der Waals surface area contributed by atoms with Gasteiger partial charge in [-0.15, -0.1) is 0 Å². The van der Waals surface area contributed by atoms with Crippen LogP contribution in [0.3, 0.4) is 0 Å². The van der Waals surface area contributed by atoms with Crippen LogP contribution in [0, 0.1) is 0 Å². The molecule has 0 radical (unpaired) electrons. The summed E-state index contributed by atoms with van der Waals surface area (Å²) in [5, 5.41) is 2.65. The number of amidine groups is 1. The number of aliphatic imine (C=N–C) groups is 1. The van der Waals surface area contributed by atoms with E-state index in [0.29, 0.717) is 37.6 Å². The van der Waals surface area contributed by atoms with Crippen LogP contribution in [0.15, 0.2) is 82.7 Å². The number of benzene rings is 3. The first-order chi connectivity index (χ1) is 16.4. The van der Waals surface area contributed by atoms with Crippen molar-refractivity contribution in [2.45, 2.75) is 11.8 Å². The number of rotatable bonds is 3. The van der Waals surface area contributed by atoms with Crippen molar-refractivity contribution in [3.05, 3.63) is 78.4 Å². The van der Waals surface area contributed by atoms with E-state index in [-0.39, 0.29) is 10.8 Å². The molecule has 174 valence electrons. The van der Waals surface area contributed by atoms with Crippen molar-refractivity contribution in [1.29, 1.82) is 0 Å². The van der Waals surface area contributed by atoms with E-state index in [9.17, 15) is 13.2 Å². The van der Waals surface area contributed by atoms with Crippen LogP contribution in [-0.2, 0) is 14.8 Å². The van der Waals surface area contributed by atoms with Crippen molar-refractivity contribution < 1.29 is 17.9 Å². The number of para-hydroxylation sites is 3. The number of fused-ring (bicyclic) bond motifs is 2. The van der Waals surface area contributed by atoms with E-state index in [1.807, 2.05) is 48.5 Å². The van der Waals surface area contributed by atoms with Gasteiger partial charge in [0.25, 0.3) is 0 Å². The Morgan fingerprint density at radius 2 is 1.53 bits per heavy atom. The van der Waals surface area contributed by atoms with Crippen molar-refractivity contribution >= 4 is 33.1 Å². The highest BCUT2D eigenvalue weighted by atomic mass is 32.2. The summed E-state index contributed by atoms with van der Waals surface area (Å²) in [7, 11) is -3.65. The van der Waals surface area contributed by atoms with Gasteiger partial charge in [-0.3, -0.25) is 4.79 Å². The predicted octanol–water partition coefficient (Wildman–Crippen LogP) is 3.84.